The summed E-state index contributed by atoms with van der Waals surface area (Å²) in [5, 5.41) is 14.5. The first-order valence-corrected chi connectivity index (χ1v) is 13.4. The summed E-state index contributed by atoms with van der Waals surface area (Å²) < 4.78 is 8.13. The molecule has 4 heterocycles. The number of amides is 1. The Morgan fingerprint density at radius 2 is 2.09 bits per heavy atom. The van der Waals surface area contributed by atoms with Crippen LogP contribution in [-0.2, 0) is 22.6 Å². The molecule has 0 saturated carbocycles. The average Bonchev–Trinajstić information content (AvgIpc) is 3.38. The summed E-state index contributed by atoms with van der Waals surface area (Å²) in [5.74, 6) is 0.159. The SMILES string of the molecule is CC[C@]1(C)Cc2c(sc3nc(SC)n4c(SCC(=O)Nc5ccccc5)nnc4c23)CO1. The molecule has 0 spiro atoms. The molecule has 166 valence electrons. The molecule has 0 unspecified atom stereocenters. The van der Waals surface area contributed by atoms with Crippen molar-refractivity contribution in [2.45, 2.75) is 49.2 Å². The van der Waals surface area contributed by atoms with Gasteiger partial charge in [-0.1, -0.05) is 48.6 Å². The number of fused-ring (bicyclic) bond motifs is 5. The number of hydrogen-bond donors (Lipinski definition) is 1. The summed E-state index contributed by atoms with van der Waals surface area (Å²) in [4.78, 5) is 19.6. The van der Waals surface area contributed by atoms with E-state index in [9.17, 15) is 4.79 Å². The molecular formula is C22H23N5O2S3. The topological polar surface area (TPSA) is 81.4 Å². The van der Waals surface area contributed by atoms with Crippen LogP contribution in [0.1, 0.15) is 30.7 Å². The highest BCUT2D eigenvalue weighted by atomic mass is 32.2. The third-order valence-corrected chi connectivity index (χ3v) is 8.41. The van der Waals surface area contributed by atoms with Crippen LogP contribution in [0.25, 0.3) is 15.9 Å². The first-order chi connectivity index (χ1) is 15.5. The van der Waals surface area contributed by atoms with Crippen LogP contribution >= 0.6 is 34.9 Å². The molecule has 3 aromatic heterocycles. The molecule has 1 aliphatic rings. The second-order valence-corrected chi connectivity index (χ2v) is 10.7. The van der Waals surface area contributed by atoms with Crippen molar-refractivity contribution < 1.29 is 9.53 Å². The van der Waals surface area contributed by atoms with Gasteiger partial charge in [-0.15, -0.1) is 21.5 Å². The number of benzene rings is 1. The zero-order valence-electron chi connectivity index (χ0n) is 18.0. The van der Waals surface area contributed by atoms with Crippen LogP contribution in [0.2, 0.25) is 0 Å². The van der Waals surface area contributed by atoms with Crippen molar-refractivity contribution in [2.24, 2.45) is 0 Å². The normalized spacial score (nSPS) is 18.2. The molecule has 1 atom stereocenters. The van der Waals surface area contributed by atoms with Gasteiger partial charge in [0.15, 0.2) is 16.0 Å². The van der Waals surface area contributed by atoms with Gasteiger partial charge in [-0.05, 0) is 37.3 Å². The van der Waals surface area contributed by atoms with Gasteiger partial charge >= 0.3 is 0 Å². The van der Waals surface area contributed by atoms with E-state index in [-0.39, 0.29) is 17.3 Å². The van der Waals surface area contributed by atoms with E-state index in [1.54, 1.807) is 23.1 Å². The average molecular weight is 486 g/mol. The Labute approximate surface area is 198 Å². The van der Waals surface area contributed by atoms with Gasteiger partial charge in [0.1, 0.15) is 4.83 Å². The second kappa shape index (κ2) is 8.66. The van der Waals surface area contributed by atoms with Crippen LogP contribution < -0.4 is 5.32 Å². The van der Waals surface area contributed by atoms with Crippen LogP contribution in [0.3, 0.4) is 0 Å². The predicted molar refractivity (Wildman–Crippen MR) is 131 cm³/mol. The largest absolute Gasteiger partial charge is 0.369 e. The molecule has 0 bridgehead atoms. The molecule has 32 heavy (non-hydrogen) atoms. The number of nitrogens with zero attached hydrogens (tertiary/aromatic N) is 4. The smallest absolute Gasteiger partial charge is 0.234 e. The summed E-state index contributed by atoms with van der Waals surface area (Å²) >= 11 is 4.60. The van der Waals surface area contributed by atoms with Crippen LogP contribution in [0.5, 0.6) is 0 Å². The molecule has 7 nitrogen and oxygen atoms in total. The van der Waals surface area contributed by atoms with Crippen molar-refractivity contribution in [3.05, 3.63) is 40.8 Å². The number of para-hydroxylation sites is 1. The molecule has 0 saturated heterocycles. The summed E-state index contributed by atoms with van der Waals surface area (Å²) in [7, 11) is 0. The maximum absolute atomic E-state index is 12.4. The van der Waals surface area contributed by atoms with Crippen molar-refractivity contribution in [1.29, 1.82) is 0 Å². The van der Waals surface area contributed by atoms with Gasteiger partial charge < -0.3 is 10.1 Å². The van der Waals surface area contributed by atoms with E-state index in [4.69, 9.17) is 9.72 Å². The van der Waals surface area contributed by atoms with E-state index in [0.29, 0.717) is 11.8 Å². The minimum Gasteiger partial charge on any atom is -0.369 e. The molecule has 10 heteroatoms. The summed E-state index contributed by atoms with van der Waals surface area (Å²) in [6.45, 7) is 4.93. The van der Waals surface area contributed by atoms with Crippen molar-refractivity contribution in [2.75, 3.05) is 17.3 Å². The fourth-order valence-corrected chi connectivity index (χ4v) is 6.31. The highest BCUT2D eigenvalue weighted by Gasteiger charge is 2.33. The number of anilines is 1. The molecule has 1 aliphatic heterocycles. The van der Waals surface area contributed by atoms with Crippen molar-refractivity contribution in [1.82, 2.24) is 19.6 Å². The quantitative estimate of drug-likeness (QED) is 0.303. The zero-order valence-corrected chi connectivity index (χ0v) is 20.5. The van der Waals surface area contributed by atoms with Crippen LogP contribution in [0, 0.1) is 0 Å². The second-order valence-electron chi connectivity index (χ2n) is 7.90. The molecule has 1 aromatic carbocycles. The standard InChI is InChI=1S/C22H23N5O2S3/c1-4-22(2)10-14-15(11-29-22)32-19-17(14)18-25-26-21(27(18)20(24-19)30-3)31-12-16(28)23-13-8-6-5-7-9-13/h5-9H,4,10-12H2,1-3H3,(H,23,28)/t22-/m1/s1. The number of carbonyl (C=O) groups excluding carboxylic acids is 1. The van der Waals surface area contributed by atoms with Gasteiger partial charge in [0.05, 0.1) is 23.3 Å². The zero-order chi connectivity index (χ0) is 22.3. The Bertz CT molecular complexity index is 1300. The number of ether oxygens (including phenoxy) is 1. The predicted octanol–water partition coefficient (Wildman–Crippen LogP) is 5.03. The molecule has 0 fully saturated rings. The summed E-state index contributed by atoms with van der Waals surface area (Å²) in [6, 6.07) is 9.45. The van der Waals surface area contributed by atoms with E-state index >= 15 is 0 Å². The first kappa shape index (κ1) is 21.7. The number of aromatic nitrogens is 4. The van der Waals surface area contributed by atoms with E-state index in [1.165, 1.54) is 22.2 Å². The Balaban J connectivity index is 1.49. The lowest BCUT2D eigenvalue weighted by Gasteiger charge is -2.32. The van der Waals surface area contributed by atoms with E-state index in [1.807, 2.05) is 41.0 Å². The Kier molecular flexibility index (Phi) is 5.87. The van der Waals surface area contributed by atoms with Gasteiger partial charge in [-0.25, -0.2) is 9.38 Å². The lowest BCUT2D eigenvalue weighted by atomic mass is 9.90. The van der Waals surface area contributed by atoms with E-state index in [0.717, 1.165) is 39.5 Å². The third-order valence-electron chi connectivity index (χ3n) is 5.74. The van der Waals surface area contributed by atoms with Crippen molar-refractivity contribution >= 4 is 62.3 Å². The number of nitrogens with one attached hydrogen (secondary N) is 1. The number of thioether (sulfide) groups is 2. The molecule has 4 aromatic rings. The molecule has 1 N–H and O–H groups in total. The Hall–Kier alpha value is -2.14. The maximum atomic E-state index is 12.4. The molecule has 0 aliphatic carbocycles. The Morgan fingerprint density at radius 3 is 2.84 bits per heavy atom. The van der Waals surface area contributed by atoms with Crippen molar-refractivity contribution in [3.8, 4) is 0 Å². The van der Waals surface area contributed by atoms with Gasteiger partial charge in [0.2, 0.25) is 5.91 Å². The fourth-order valence-electron chi connectivity index (χ4n) is 3.82. The van der Waals surface area contributed by atoms with Crippen LogP contribution in [0.4, 0.5) is 5.69 Å². The van der Waals surface area contributed by atoms with Gasteiger partial charge in [-0.2, -0.15) is 0 Å². The Morgan fingerprint density at radius 1 is 1.28 bits per heavy atom. The summed E-state index contributed by atoms with van der Waals surface area (Å²) in [5.41, 5.74) is 2.69. The minimum absolute atomic E-state index is 0.0820. The van der Waals surface area contributed by atoms with E-state index in [2.05, 4.69) is 29.4 Å². The monoisotopic (exact) mass is 485 g/mol. The number of carbonyl (C=O) groups is 1. The molecule has 0 radical (unpaired) electrons. The van der Waals surface area contributed by atoms with Gasteiger partial charge in [0, 0.05) is 17.0 Å². The summed E-state index contributed by atoms with van der Waals surface area (Å²) in [6.07, 6.45) is 3.78. The minimum atomic E-state index is -0.177. The van der Waals surface area contributed by atoms with Crippen molar-refractivity contribution in [3.63, 3.8) is 0 Å². The lowest BCUT2D eigenvalue weighted by Crippen LogP contribution is -2.33. The third kappa shape index (κ3) is 3.89. The highest BCUT2D eigenvalue weighted by molar-refractivity contribution is 8.00. The van der Waals surface area contributed by atoms with Gasteiger partial charge in [-0.3, -0.25) is 4.79 Å². The van der Waals surface area contributed by atoms with Gasteiger partial charge in [0.25, 0.3) is 0 Å². The first-order valence-electron chi connectivity index (χ1n) is 10.4. The van der Waals surface area contributed by atoms with Crippen LogP contribution in [0.15, 0.2) is 40.6 Å². The highest BCUT2D eigenvalue weighted by Crippen LogP contribution is 2.42. The molecular weight excluding hydrogens is 462 g/mol. The maximum Gasteiger partial charge on any atom is 0.234 e. The number of hydrogen-bond acceptors (Lipinski definition) is 8. The number of rotatable bonds is 6. The fraction of sp³-hybridized carbons (Fsp3) is 0.364. The van der Waals surface area contributed by atoms with E-state index < -0.39 is 0 Å². The number of thiophene rings is 1. The van der Waals surface area contributed by atoms with Crippen LogP contribution in [-0.4, -0.2) is 43.1 Å². The lowest BCUT2D eigenvalue weighted by molar-refractivity contribution is -0.113. The molecule has 1 amide bonds. The molecule has 5 rings (SSSR count).